The Labute approximate surface area is 255 Å². The first-order chi connectivity index (χ1) is 21.8. The molecule has 0 radical (unpaired) electrons. The molecule has 9 rings (SSSR count). The summed E-state index contributed by atoms with van der Waals surface area (Å²) >= 11 is 0. The third-order valence-electron chi connectivity index (χ3n) is 9.02. The van der Waals surface area contributed by atoms with Crippen LogP contribution in [0, 0.1) is 0 Å². The number of rotatable bonds is 4. The molecule has 210 valence electrons. The fraction of sp³-hybridized carbons (Fsp3) is 0.0750. The molecule has 0 amide bonds. The predicted octanol–water partition coefficient (Wildman–Crippen LogP) is 9.29. The van der Waals surface area contributed by atoms with Gasteiger partial charge < -0.3 is 9.88 Å². The Bertz CT molecular complexity index is 2280. The lowest BCUT2D eigenvalue weighted by atomic mass is 10.00. The number of allylic oxidation sites excluding steroid dienone is 2. The van der Waals surface area contributed by atoms with Crippen LogP contribution >= 0.6 is 0 Å². The second-order valence-corrected chi connectivity index (χ2v) is 11.5. The van der Waals surface area contributed by atoms with Crippen molar-refractivity contribution in [3.8, 4) is 5.69 Å². The summed E-state index contributed by atoms with van der Waals surface area (Å²) in [5, 5.41) is 7.63. The molecule has 44 heavy (non-hydrogen) atoms. The molecule has 0 saturated carbocycles. The molecule has 0 fully saturated rings. The molecule has 4 nitrogen and oxygen atoms in total. The molecule has 2 aliphatic rings. The van der Waals surface area contributed by atoms with Gasteiger partial charge in [-0.1, -0.05) is 115 Å². The Morgan fingerprint density at radius 2 is 1.32 bits per heavy atom. The molecule has 1 aliphatic carbocycles. The van der Waals surface area contributed by atoms with Crippen LogP contribution in [0.25, 0.3) is 50.2 Å². The minimum Gasteiger partial charge on any atom is -0.346 e. The number of aryl methyl sites for hydroxylation is 1. The van der Waals surface area contributed by atoms with Crippen molar-refractivity contribution in [1.29, 1.82) is 0 Å². The molecule has 1 unspecified atom stereocenters. The van der Waals surface area contributed by atoms with Crippen LogP contribution in [0.15, 0.2) is 145 Å². The van der Waals surface area contributed by atoms with Crippen molar-refractivity contribution in [1.82, 2.24) is 14.5 Å². The number of nitrogens with zero attached hydrogens (tertiary/aromatic N) is 3. The summed E-state index contributed by atoms with van der Waals surface area (Å²) in [6.07, 6.45) is 8.54. The van der Waals surface area contributed by atoms with Gasteiger partial charge in [-0.25, -0.2) is 4.99 Å². The van der Waals surface area contributed by atoms with Crippen LogP contribution in [-0.4, -0.2) is 14.8 Å². The number of benzene rings is 5. The van der Waals surface area contributed by atoms with Crippen molar-refractivity contribution in [2.45, 2.75) is 19.1 Å². The first kappa shape index (κ1) is 24.9. The van der Waals surface area contributed by atoms with Gasteiger partial charge in [-0.05, 0) is 59.9 Å². The highest BCUT2D eigenvalue weighted by Crippen LogP contribution is 2.42. The monoisotopic (exact) mass is 566 g/mol. The quantitative estimate of drug-likeness (QED) is 0.226. The average molecular weight is 567 g/mol. The molecule has 0 bridgehead atoms. The second kappa shape index (κ2) is 9.99. The van der Waals surface area contributed by atoms with Crippen LogP contribution in [0.4, 0.5) is 0 Å². The van der Waals surface area contributed by atoms with Crippen LogP contribution in [0.5, 0.6) is 0 Å². The van der Waals surface area contributed by atoms with Gasteiger partial charge in [0.05, 0.1) is 22.3 Å². The van der Waals surface area contributed by atoms with E-state index in [1.165, 1.54) is 44.1 Å². The maximum Gasteiger partial charge on any atom is 0.201 e. The summed E-state index contributed by atoms with van der Waals surface area (Å²) in [4.78, 5) is 5.43. The molecule has 3 heterocycles. The number of nitrogens with one attached hydrogen (secondary N) is 1. The Hall–Kier alpha value is -5.61. The van der Waals surface area contributed by atoms with Gasteiger partial charge in [-0.2, -0.15) is 0 Å². The lowest BCUT2D eigenvalue weighted by molar-refractivity contribution is 0.509. The lowest BCUT2D eigenvalue weighted by Gasteiger charge is -2.27. The molecular weight excluding hydrogens is 536 g/mol. The molecule has 2 aromatic heterocycles. The highest BCUT2D eigenvalue weighted by Gasteiger charge is 2.28. The molecule has 0 spiro atoms. The molecule has 7 aromatic rings. The summed E-state index contributed by atoms with van der Waals surface area (Å²) in [6.45, 7) is 0. The second-order valence-electron chi connectivity index (χ2n) is 11.5. The minimum absolute atomic E-state index is 0.356. The van der Waals surface area contributed by atoms with Gasteiger partial charge >= 0.3 is 0 Å². The maximum atomic E-state index is 5.43. The number of hydrogen-bond donors (Lipinski definition) is 1. The Morgan fingerprint density at radius 1 is 0.636 bits per heavy atom. The van der Waals surface area contributed by atoms with Crippen LogP contribution in [0.1, 0.15) is 35.1 Å². The molecule has 4 heteroatoms. The molecular formula is C40H30N4. The van der Waals surface area contributed by atoms with Crippen LogP contribution in [0.2, 0.25) is 0 Å². The number of hydrogen-bond acceptors (Lipinski definition) is 2. The third-order valence-corrected chi connectivity index (χ3v) is 9.02. The molecule has 5 aromatic carbocycles. The highest BCUT2D eigenvalue weighted by atomic mass is 15.3. The van der Waals surface area contributed by atoms with Crippen molar-refractivity contribution in [2.24, 2.45) is 4.99 Å². The zero-order valence-corrected chi connectivity index (χ0v) is 24.2. The van der Waals surface area contributed by atoms with E-state index < -0.39 is 0 Å². The fourth-order valence-corrected chi connectivity index (χ4v) is 7.09. The van der Waals surface area contributed by atoms with E-state index >= 15 is 0 Å². The zero-order chi connectivity index (χ0) is 29.0. The van der Waals surface area contributed by atoms with E-state index in [4.69, 9.17) is 4.99 Å². The van der Waals surface area contributed by atoms with Gasteiger partial charge in [0.1, 0.15) is 0 Å². The zero-order valence-electron chi connectivity index (χ0n) is 24.2. The van der Waals surface area contributed by atoms with Gasteiger partial charge in [-0.3, -0.25) is 4.57 Å². The molecule has 0 saturated heterocycles. The van der Waals surface area contributed by atoms with E-state index in [0.717, 1.165) is 40.9 Å². The third kappa shape index (κ3) is 3.81. The van der Waals surface area contributed by atoms with Gasteiger partial charge in [0, 0.05) is 33.2 Å². The van der Waals surface area contributed by atoms with Crippen molar-refractivity contribution < 1.29 is 0 Å². The summed E-state index contributed by atoms with van der Waals surface area (Å²) in [5.41, 5.74) is 11.7. The lowest BCUT2D eigenvalue weighted by Crippen LogP contribution is -2.29. The Balaban J connectivity index is 1.39. The smallest absolute Gasteiger partial charge is 0.201 e. The Kier molecular flexibility index (Phi) is 5.66. The van der Waals surface area contributed by atoms with E-state index in [-0.39, 0.29) is 6.29 Å². The summed E-state index contributed by atoms with van der Waals surface area (Å²) in [6, 6.07) is 45.3. The van der Waals surface area contributed by atoms with Crippen LogP contribution < -0.4 is 5.32 Å². The van der Waals surface area contributed by atoms with Gasteiger partial charge in [0.2, 0.25) is 6.29 Å². The van der Waals surface area contributed by atoms with Crippen LogP contribution in [-0.2, 0) is 6.42 Å². The standard InChI is InChI=1S/C40H30N4/c1-4-14-27(15-5-1)34-26-35(28-16-6-2-7-17-28)42-40(41-34)44-37-23-13-11-21-31(37)33-25-24-32-30-20-10-12-22-36(30)43(38(32)39(33)44)29-18-8-3-9-19-29/h1-9,11-19,21-26,40-41H,10,20H2. The van der Waals surface area contributed by atoms with Crippen molar-refractivity contribution in [3.63, 3.8) is 0 Å². The minimum atomic E-state index is -0.356. The van der Waals surface area contributed by atoms with E-state index in [0.29, 0.717) is 0 Å². The number of para-hydroxylation sites is 2. The van der Waals surface area contributed by atoms with E-state index in [1.807, 2.05) is 0 Å². The number of aliphatic imine (C=N–C) groups is 1. The Morgan fingerprint density at radius 3 is 2.11 bits per heavy atom. The first-order valence-corrected chi connectivity index (χ1v) is 15.3. The largest absolute Gasteiger partial charge is 0.346 e. The van der Waals surface area contributed by atoms with Gasteiger partial charge in [0.15, 0.2) is 0 Å². The highest BCUT2D eigenvalue weighted by molar-refractivity contribution is 6.19. The van der Waals surface area contributed by atoms with E-state index in [9.17, 15) is 0 Å². The van der Waals surface area contributed by atoms with E-state index in [1.54, 1.807) is 0 Å². The summed E-state index contributed by atoms with van der Waals surface area (Å²) < 4.78 is 4.90. The summed E-state index contributed by atoms with van der Waals surface area (Å²) in [7, 11) is 0. The van der Waals surface area contributed by atoms with Gasteiger partial charge in [0.25, 0.3) is 0 Å². The SMILES string of the molecule is C1=Cc2c(c3ccc4c5ccccc5n(C5N=C(c6ccccc6)C=C(c6ccccc6)N5)c4c3n2-c2ccccc2)CC1. The molecule has 1 aliphatic heterocycles. The average Bonchev–Trinajstić information content (AvgIpc) is 3.62. The molecule has 1 N–H and O–H groups in total. The predicted molar refractivity (Wildman–Crippen MR) is 183 cm³/mol. The molecule has 1 atom stereocenters. The van der Waals surface area contributed by atoms with Crippen molar-refractivity contribution >= 4 is 50.2 Å². The van der Waals surface area contributed by atoms with Crippen LogP contribution in [0.3, 0.4) is 0 Å². The summed E-state index contributed by atoms with van der Waals surface area (Å²) in [5.74, 6) is 0. The fourth-order valence-electron chi connectivity index (χ4n) is 7.09. The topological polar surface area (TPSA) is 34.2 Å². The number of fused-ring (bicyclic) bond motifs is 7. The number of aromatic nitrogens is 2. The van der Waals surface area contributed by atoms with Crippen molar-refractivity contribution in [3.05, 3.63) is 162 Å². The first-order valence-electron chi connectivity index (χ1n) is 15.3. The van der Waals surface area contributed by atoms with E-state index in [2.05, 4.69) is 160 Å². The van der Waals surface area contributed by atoms with Crippen molar-refractivity contribution in [2.75, 3.05) is 0 Å². The van der Waals surface area contributed by atoms with Gasteiger partial charge in [-0.15, -0.1) is 0 Å². The maximum absolute atomic E-state index is 5.43. The normalized spacial score (nSPS) is 16.1.